The Bertz CT molecular complexity index is 926. The zero-order chi connectivity index (χ0) is 16.8. The Morgan fingerprint density at radius 2 is 1.68 bits per heavy atom. The molecule has 0 spiro atoms. The number of rotatable bonds is 2. The van der Waals surface area contributed by atoms with Crippen molar-refractivity contribution in [3.63, 3.8) is 0 Å². The van der Waals surface area contributed by atoms with Gasteiger partial charge in [0.25, 0.3) is 0 Å². The predicted octanol–water partition coefficient (Wildman–Crippen LogP) is 1.04. The Morgan fingerprint density at radius 1 is 0.880 bits per heavy atom. The van der Waals surface area contributed by atoms with Gasteiger partial charge in [-0.1, -0.05) is 0 Å². The van der Waals surface area contributed by atoms with Gasteiger partial charge in [-0.15, -0.1) is 10.2 Å². The lowest BCUT2D eigenvalue weighted by atomic mass is 10.2. The fourth-order valence-corrected chi connectivity index (χ4v) is 3.90. The third-order valence-corrected chi connectivity index (χ3v) is 5.21. The van der Waals surface area contributed by atoms with Crippen LogP contribution in [0.5, 0.6) is 0 Å². The molecule has 0 N–H and O–H groups in total. The largest absolute Gasteiger partial charge is 0.353 e. The summed E-state index contributed by atoms with van der Waals surface area (Å²) in [7, 11) is 0. The zero-order valence-corrected chi connectivity index (χ0v) is 14.3. The van der Waals surface area contributed by atoms with Crippen molar-refractivity contribution in [1.82, 2.24) is 29.5 Å². The highest BCUT2D eigenvalue weighted by molar-refractivity contribution is 5.64. The molecule has 3 aromatic rings. The van der Waals surface area contributed by atoms with Gasteiger partial charge in [-0.2, -0.15) is 0 Å². The van der Waals surface area contributed by atoms with Gasteiger partial charge in [0.1, 0.15) is 18.0 Å². The molecule has 4 heterocycles. The maximum Gasteiger partial charge on any atom is 0.203 e. The second kappa shape index (κ2) is 5.65. The number of hydrogen-bond acceptors (Lipinski definition) is 7. The van der Waals surface area contributed by atoms with Crippen LogP contribution in [-0.4, -0.2) is 55.7 Å². The molecule has 1 aliphatic carbocycles. The number of fused-ring (bicyclic) bond motifs is 2. The van der Waals surface area contributed by atoms with Gasteiger partial charge in [0, 0.05) is 49.8 Å². The Morgan fingerprint density at radius 3 is 2.52 bits per heavy atom. The molecule has 1 fully saturated rings. The highest BCUT2D eigenvalue weighted by Gasteiger charge is 2.26. The van der Waals surface area contributed by atoms with Crippen LogP contribution in [-0.2, 0) is 12.8 Å². The Hall–Kier alpha value is -2.77. The number of piperazine rings is 1. The van der Waals surface area contributed by atoms with Gasteiger partial charge in [0.15, 0.2) is 5.82 Å². The molecule has 5 rings (SSSR count). The molecule has 2 aliphatic rings. The van der Waals surface area contributed by atoms with Crippen LogP contribution in [0.25, 0.3) is 5.65 Å². The van der Waals surface area contributed by atoms with Gasteiger partial charge in [0.2, 0.25) is 5.65 Å². The minimum atomic E-state index is 0.830. The van der Waals surface area contributed by atoms with Crippen molar-refractivity contribution in [2.75, 3.05) is 36.0 Å². The highest BCUT2D eigenvalue weighted by Crippen LogP contribution is 2.29. The second-order valence-corrected chi connectivity index (χ2v) is 6.64. The minimum Gasteiger partial charge on any atom is -0.353 e. The molecule has 8 heteroatoms. The summed E-state index contributed by atoms with van der Waals surface area (Å²) in [5, 5.41) is 8.46. The van der Waals surface area contributed by atoms with E-state index in [2.05, 4.69) is 34.9 Å². The normalized spacial score (nSPS) is 17.3. The molecule has 0 unspecified atom stereocenters. The van der Waals surface area contributed by atoms with Crippen molar-refractivity contribution in [3.05, 3.63) is 35.8 Å². The van der Waals surface area contributed by atoms with E-state index in [0.29, 0.717) is 0 Å². The van der Waals surface area contributed by atoms with Crippen LogP contribution in [0.15, 0.2) is 18.7 Å². The summed E-state index contributed by atoms with van der Waals surface area (Å²) < 4.78 is 1.99. The van der Waals surface area contributed by atoms with Crippen LogP contribution in [0.3, 0.4) is 0 Å². The van der Waals surface area contributed by atoms with Gasteiger partial charge in [-0.05, 0) is 26.2 Å². The van der Waals surface area contributed by atoms with E-state index in [1.165, 1.54) is 17.7 Å². The van der Waals surface area contributed by atoms with Crippen LogP contribution >= 0.6 is 0 Å². The number of nitrogens with zero attached hydrogens (tertiary/aromatic N) is 8. The summed E-state index contributed by atoms with van der Waals surface area (Å²) in [5.74, 6) is 2.93. The molecular weight excluding hydrogens is 316 g/mol. The van der Waals surface area contributed by atoms with E-state index in [1.54, 1.807) is 6.33 Å². The monoisotopic (exact) mass is 336 g/mol. The molecule has 128 valence electrons. The van der Waals surface area contributed by atoms with Crippen LogP contribution < -0.4 is 9.80 Å². The maximum absolute atomic E-state index is 4.58. The SMILES string of the molecule is Cc1nnc2c(N3CCN(c4ncnc5c4CCC5)CC3)nccn12. The Balaban J connectivity index is 1.39. The molecule has 1 aliphatic heterocycles. The number of anilines is 2. The molecule has 3 aromatic heterocycles. The fourth-order valence-electron chi connectivity index (χ4n) is 3.90. The Kier molecular flexibility index (Phi) is 3.29. The topological polar surface area (TPSA) is 75.3 Å². The molecule has 0 amide bonds. The van der Waals surface area contributed by atoms with Crippen molar-refractivity contribution in [2.24, 2.45) is 0 Å². The lowest BCUT2D eigenvalue weighted by molar-refractivity contribution is 0.638. The molecule has 0 saturated carbocycles. The molecule has 1 saturated heterocycles. The summed E-state index contributed by atoms with van der Waals surface area (Å²) in [4.78, 5) is 18.3. The van der Waals surface area contributed by atoms with Crippen molar-refractivity contribution in [1.29, 1.82) is 0 Å². The molecule has 8 nitrogen and oxygen atoms in total. The summed E-state index contributed by atoms with van der Waals surface area (Å²) in [6.45, 7) is 5.62. The standard InChI is InChI=1S/C17H20N8/c1-12-21-22-17-16(18-5-6-25(12)17)24-9-7-23(8-10-24)15-13-3-2-4-14(13)19-11-20-15/h5-6,11H,2-4,7-10H2,1H3. The van der Waals surface area contributed by atoms with E-state index in [1.807, 2.05) is 23.7 Å². The van der Waals surface area contributed by atoms with Crippen molar-refractivity contribution in [3.8, 4) is 0 Å². The van der Waals surface area contributed by atoms with E-state index >= 15 is 0 Å². The van der Waals surface area contributed by atoms with E-state index < -0.39 is 0 Å². The first-order valence-corrected chi connectivity index (χ1v) is 8.80. The summed E-state index contributed by atoms with van der Waals surface area (Å²) in [6, 6.07) is 0. The van der Waals surface area contributed by atoms with Gasteiger partial charge in [0.05, 0.1) is 0 Å². The number of hydrogen-bond donors (Lipinski definition) is 0. The first kappa shape index (κ1) is 14.6. The lowest BCUT2D eigenvalue weighted by Gasteiger charge is -2.36. The average molecular weight is 336 g/mol. The summed E-state index contributed by atoms with van der Waals surface area (Å²) in [6.07, 6.45) is 8.83. The number of aryl methyl sites for hydroxylation is 2. The van der Waals surface area contributed by atoms with E-state index in [9.17, 15) is 0 Å². The van der Waals surface area contributed by atoms with E-state index in [0.717, 1.165) is 62.1 Å². The van der Waals surface area contributed by atoms with Crippen molar-refractivity contribution >= 4 is 17.3 Å². The highest BCUT2D eigenvalue weighted by atomic mass is 15.3. The zero-order valence-electron chi connectivity index (χ0n) is 14.3. The quantitative estimate of drug-likeness (QED) is 0.692. The molecular formula is C17H20N8. The molecule has 0 bridgehead atoms. The number of aromatic nitrogens is 6. The van der Waals surface area contributed by atoms with Crippen LogP contribution in [0, 0.1) is 6.92 Å². The first-order chi connectivity index (χ1) is 12.3. The van der Waals surface area contributed by atoms with Crippen molar-refractivity contribution in [2.45, 2.75) is 26.2 Å². The van der Waals surface area contributed by atoms with Gasteiger partial charge in [-0.25, -0.2) is 15.0 Å². The predicted molar refractivity (Wildman–Crippen MR) is 94.0 cm³/mol. The molecule has 0 atom stereocenters. The molecule has 0 aromatic carbocycles. The second-order valence-electron chi connectivity index (χ2n) is 6.64. The smallest absolute Gasteiger partial charge is 0.203 e. The minimum absolute atomic E-state index is 0.830. The van der Waals surface area contributed by atoms with E-state index in [-0.39, 0.29) is 0 Å². The van der Waals surface area contributed by atoms with Crippen LogP contribution in [0.2, 0.25) is 0 Å². The van der Waals surface area contributed by atoms with Crippen LogP contribution in [0.4, 0.5) is 11.6 Å². The summed E-state index contributed by atoms with van der Waals surface area (Å²) in [5.41, 5.74) is 3.42. The van der Waals surface area contributed by atoms with Crippen LogP contribution in [0.1, 0.15) is 23.5 Å². The van der Waals surface area contributed by atoms with Gasteiger partial charge < -0.3 is 9.80 Å². The lowest BCUT2D eigenvalue weighted by Crippen LogP contribution is -2.47. The third kappa shape index (κ3) is 2.32. The Labute approximate surface area is 145 Å². The fraction of sp³-hybridized carbons (Fsp3) is 0.471. The third-order valence-electron chi connectivity index (χ3n) is 5.21. The van der Waals surface area contributed by atoms with E-state index in [4.69, 9.17) is 0 Å². The molecule has 0 radical (unpaired) electrons. The van der Waals surface area contributed by atoms with Gasteiger partial charge in [-0.3, -0.25) is 4.40 Å². The summed E-state index contributed by atoms with van der Waals surface area (Å²) >= 11 is 0. The van der Waals surface area contributed by atoms with Gasteiger partial charge >= 0.3 is 0 Å². The average Bonchev–Trinajstić information content (AvgIpc) is 3.28. The first-order valence-electron chi connectivity index (χ1n) is 8.80. The van der Waals surface area contributed by atoms with Crippen molar-refractivity contribution < 1.29 is 0 Å². The maximum atomic E-state index is 4.58. The molecule has 25 heavy (non-hydrogen) atoms.